The largest absolute Gasteiger partial charge is 0.260 e. The van der Waals surface area contributed by atoms with Gasteiger partial charge >= 0.3 is 0 Å². The lowest BCUT2D eigenvalue weighted by atomic mass is 10.2. The van der Waals surface area contributed by atoms with Gasteiger partial charge in [0.15, 0.2) is 0 Å². The molecule has 0 spiro atoms. The number of halogens is 2. The number of pyridine rings is 1. The van der Waals surface area contributed by atoms with Gasteiger partial charge in [-0.2, -0.15) is 5.10 Å². The van der Waals surface area contributed by atoms with Gasteiger partial charge < -0.3 is 0 Å². The fourth-order valence-electron chi connectivity index (χ4n) is 3.60. The first-order valence-electron chi connectivity index (χ1n) is 9.38. The molecule has 0 atom stereocenters. The van der Waals surface area contributed by atoms with E-state index in [0.717, 1.165) is 49.2 Å². The molecule has 1 saturated carbocycles. The lowest BCUT2D eigenvalue weighted by molar-refractivity contribution is 0.466. The number of rotatable bonds is 6. The molecule has 9 heteroatoms. The Kier molecular flexibility index (Phi) is 5.42. The van der Waals surface area contributed by atoms with Gasteiger partial charge in [0, 0.05) is 12.3 Å². The monoisotopic (exact) mass is 418 g/mol. The Hall–Kier alpha value is -2.65. The summed E-state index contributed by atoms with van der Waals surface area (Å²) in [5.74, 6) is -1.90. The Bertz CT molecular complexity index is 1090. The highest BCUT2D eigenvalue weighted by atomic mass is 32.2. The van der Waals surface area contributed by atoms with Gasteiger partial charge in [-0.15, -0.1) is 0 Å². The van der Waals surface area contributed by atoms with Crippen molar-refractivity contribution >= 4 is 10.0 Å². The number of nitrogens with zero attached hydrogens (tertiary/aromatic N) is 3. The minimum atomic E-state index is -4.09. The molecule has 1 aliphatic rings. The van der Waals surface area contributed by atoms with Crippen LogP contribution in [-0.2, 0) is 16.6 Å². The van der Waals surface area contributed by atoms with E-state index >= 15 is 0 Å². The van der Waals surface area contributed by atoms with Crippen LogP contribution in [0.15, 0.2) is 53.6 Å². The van der Waals surface area contributed by atoms with Crippen molar-refractivity contribution < 1.29 is 17.2 Å². The van der Waals surface area contributed by atoms with Gasteiger partial charge in [-0.3, -0.25) is 9.67 Å². The van der Waals surface area contributed by atoms with E-state index in [4.69, 9.17) is 0 Å². The lowest BCUT2D eigenvalue weighted by Crippen LogP contribution is -2.24. The van der Waals surface area contributed by atoms with Gasteiger partial charge in [-0.05, 0) is 43.2 Å². The number of benzene rings is 1. The highest BCUT2D eigenvalue weighted by molar-refractivity contribution is 7.89. The number of hydrogen-bond acceptors (Lipinski definition) is 4. The summed E-state index contributed by atoms with van der Waals surface area (Å²) in [5, 5.41) is 4.60. The van der Waals surface area contributed by atoms with Crippen LogP contribution in [0.3, 0.4) is 0 Å². The zero-order chi connectivity index (χ0) is 20.4. The topological polar surface area (TPSA) is 76.9 Å². The third kappa shape index (κ3) is 4.35. The van der Waals surface area contributed by atoms with E-state index in [1.165, 1.54) is 0 Å². The predicted octanol–water partition coefficient (Wildman–Crippen LogP) is 3.82. The van der Waals surface area contributed by atoms with Gasteiger partial charge in [0.25, 0.3) is 0 Å². The Labute approximate surface area is 167 Å². The Morgan fingerprint density at radius 3 is 2.45 bits per heavy atom. The number of aromatic nitrogens is 3. The Morgan fingerprint density at radius 2 is 1.79 bits per heavy atom. The van der Waals surface area contributed by atoms with Gasteiger partial charge in [-0.1, -0.05) is 18.9 Å². The molecule has 152 valence electrons. The van der Waals surface area contributed by atoms with E-state index in [-0.39, 0.29) is 12.6 Å². The third-order valence-electron chi connectivity index (χ3n) is 4.97. The fraction of sp³-hybridized carbons (Fsp3) is 0.300. The molecular formula is C20H20F2N4O2S. The average molecular weight is 418 g/mol. The summed E-state index contributed by atoms with van der Waals surface area (Å²) in [5.41, 5.74) is 2.09. The zero-order valence-electron chi connectivity index (χ0n) is 15.6. The van der Waals surface area contributed by atoms with E-state index in [2.05, 4.69) is 14.8 Å². The molecule has 0 saturated heterocycles. The molecule has 1 fully saturated rings. The fourth-order valence-corrected chi connectivity index (χ4v) is 4.64. The molecule has 29 heavy (non-hydrogen) atoms. The first-order chi connectivity index (χ1) is 13.9. The summed E-state index contributed by atoms with van der Waals surface area (Å²) >= 11 is 0. The summed E-state index contributed by atoms with van der Waals surface area (Å²) < 4.78 is 55.9. The van der Waals surface area contributed by atoms with Crippen molar-refractivity contribution in [1.29, 1.82) is 0 Å². The number of nitrogens with one attached hydrogen (secondary N) is 1. The van der Waals surface area contributed by atoms with Gasteiger partial charge in [0.05, 0.1) is 34.6 Å². The predicted molar refractivity (Wildman–Crippen MR) is 103 cm³/mol. The van der Waals surface area contributed by atoms with Crippen LogP contribution < -0.4 is 4.72 Å². The molecule has 6 nitrogen and oxygen atoms in total. The molecule has 1 N–H and O–H groups in total. The molecule has 1 aromatic carbocycles. The van der Waals surface area contributed by atoms with Crippen molar-refractivity contribution in [2.75, 3.05) is 0 Å². The molecular weight excluding hydrogens is 398 g/mol. The molecule has 0 bridgehead atoms. The second-order valence-corrected chi connectivity index (χ2v) is 8.82. The number of sulfonamides is 1. The maximum absolute atomic E-state index is 13.4. The minimum absolute atomic E-state index is 0.0972. The van der Waals surface area contributed by atoms with Crippen LogP contribution >= 0.6 is 0 Å². The molecule has 2 heterocycles. The zero-order valence-corrected chi connectivity index (χ0v) is 16.4. The average Bonchev–Trinajstić information content (AvgIpc) is 3.36. The Balaban J connectivity index is 1.60. The van der Waals surface area contributed by atoms with E-state index in [1.807, 2.05) is 22.9 Å². The first-order valence-corrected chi connectivity index (χ1v) is 10.9. The highest BCUT2D eigenvalue weighted by Gasteiger charge is 2.23. The lowest BCUT2D eigenvalue weighted by Gasteiger charge is -2.13. The van der Waals surface area contributed by atoms with Crippen molar-refractivity contribution in [3.05, 3.63) is 66.0 Å². The molecule has 0 radical (unpaired) electrons. The van der Waals surface area contributed by atoms with Gasteiger partial charge in [-0.25, -0.2) is 21.9 Å². The van der Waals surface area contributed by atoms with Crippen molar-refractivity contribution in [2.45, 2.75) is 43.2 Å². The van der Waals surface area contributed by atoms with Crippen LogP contribution in [0.4, 0.5) is 8.78 Å². The summed E-state index contributed by atoms with van der Waals surface area (Å²) in [6, 6.07) is 9.82. The van der Waals surface area contributed by atoms with Crippen molar-refractivity contribution in [1.82, 2.24) is 19.5 Å². The highest BCUT2D eigenvalue weighted by Crippen LogP contribution is 2.33. The van der Waals surface area contributed by atoms with Crippen LogP contribution in [0.25, 0.3) is 11.4 Å². The summed E-state index contributed by atoms with van der Waals surface area (Å²) in [4.78, 5) is 3.92. The van der Waals surface area contributed by atoms with Gasteiger partial charge in [0.2, 0.25) is 10.0 Å². The molecule has 0 aliphatic heterocycles. The van der Waals surface area contributed by atoms with Crippen molar-refractivity contribution in [2.24, 2.45) is 0 Å². The van der Waals surface area contributed by atoms with E-state index in [9.17, 15) is 17.2 Å². The van der Waals surface area contributed by atoms with Crippen LogP contribution in [0, 0.1) is 11.6 Å². The van der Waals surface area contributed by atoms with Crippen LogP contribution in [0.2, 0.25) is 0 Å². The molecule has 2 aromatic heterocycles. The third-order valence-corrected chi connectivity index (χ3v) is 6.35. The first kappa shape index (κ1) is 19.7. The second-order valence-electron chi connectivity index (χ2n) is 7.05. The Morgan fingerprint density at radius 1 is 1.07 bits per heavy atom. The number of hydrogen-bond donors (Lipinski definition) is 1. The normalized spacial score (nSPS) is 15.1. The smallest absolute Gasteiger partial charge is 0.241 e. The molecule has 3 aromatic rings. The van der Waals surface area contributed by atoms with E-state index < -0.39 is 26.6 Å². The maximum atomic E-state index is 13.4. The SMILES string of the molecule is O=S(=O)(NCc1cc(-c2ccccn2)n(C2CCCC2)n1)c1cc(F)cc(F)c1. The summed E-state index contributed by atoms with van der Waals surface area (Å²) in [6.45, 7) is -0.0972. The van der Waals surface area contributed by atoms with E-state index in [0.29, 0.717) is 11.8 Å². The maximum Gasteiger partial charge on any atom is 0.241 e. The van der Waals surface area contributed by atoms with E-state index in [1.54, 1.807) is 12.3 Å². The van der Waals surface area contributed by atoms with Gasteiger partial charge in [0.1, 0.15) is 11.6 Å². The second kappa shape index (κ2) is 8.00. The van der Waals surface area contributed by atoms with Crippen LogP contribution in [0.1, 0.15) is 37.4 Å². The summed E-state index contributed by atoms with van der Waals surface area (Å²) in [7, 11) is -4.09. The molecule has 1 aliphatic carbocycles. The molecule has 0 unspecified atom stereocenters. The quantitative estimate of drug-likeness (QED) is 0.660. The van der Waals surface area contributed by atoms with Crippen molar-refractivity contribution in [3.8, 4) is 11.4 Å². The molecule has 0 amide bonds. The summed E-state index contributed by atoms with van der Waals surface area (Å²) in [6.07, 6.45) is 5.96. The van der Waals surface area contributed by atoms with Crippen LogP contribution in [0.5, 0.6) is 0 Å². The minimum Gasteiger partial charge on any atom is -0.260 e. The van der Waals surface area contributed by atoms with Crippen molar-refractivity contribution in [3.63, 3.8) is 0 Å². The van der Waals surface area contributed by atoms with Crippen LogP contribution in [-0.4, -0.2) is 23.2 Å². The molecule has 4 rings (SSSR count). The standard InChI is InChI=1S/C20H20F2N4O2S/c21-14-9-15(22)11-18(10-14)29(27,28)24-13-16-12-20(19-7-3-4-8-23-19)26(25-16)17-5-1-2-6-17/h3-4,7-12,17,24H,1-2,5-6,13H2.